The van der Waals surface area contributed by atoms with Crippen LogP contribution < -0.4 is 11.1 Å². The van der Waals surface area contributed by atoms with Gasteiger partial charge in [-0.3, -0.25) is 4.79 Å². The van der Waals surface area contributed by atoms with E-state index in [0.717, 1.165) is 18.8 Å². The minimum absolute atomic E-state index is 0.0777. The van der Waals surface area contributed by atoms with E-state index in [9.17, 15) is 4.79 Å². The topological polar surface area (TPSA) is 64.3 Å². The number of ether oxygens (including phenoxy) is 1. The SMILES string of the molecule is CC1CCC(OCC(=O)Nc2ccc(Cl)c(N)c2)CC1C. The smallest absolute Gasteiger partial charge is 0.250 e. The van der Waals surface area contributed by atoms with Crippen LogP contribution in [-0.2, 0) is 9.53 Å². The highest BCUT2D eigenvalue weighted by Crippen LogP contribution is 2.30. The first-order valence-corrected chi connectivity index (χ1v) is 7.80. The van der Waals surface area contributed by atoms with E-state index in [1.807, 2.05) is 0 Å². The molecule has 1 aliphatic rings. The molecule has 1 amide bonds. The molecule has 21 heavy (non-hydrogen) atoms. The molecule has 5 heteroatoms. The number of hydrogen-bond donors (Lipinski definition) is 2. The highest BCUT2D eigenvalue weighted by atomic mass is 35.5. The number of carbonyl (C=O) groups excluding carboxylic acids is 1. The summed E-state index contributed by atoms with van der Waals surface area (Å²) in [6.45, 7) is 4.60. The molecule has 1 fully saturated rings. The molecular weight excluding hydrogens is 288 g/mol. The Morgan fingerprint density at radius 1 is 1.38 bits per heavy atom. The van der Waals surface area contributed by atoms with Gasteiger partial charge in [0.25, 0.3) is 0 Å². The fraction of sp³-hybridized carbons (Fsp3) is 0.562. The van der Waals surface area contributed by atoms with Crippen molar-refractivity contribution in [2.75, 3.05) is 17.7 Å². The Morgan fingerprint density at radius 3 is 2.81 bits per heavy atom. The normalized spacial score (nSPS) is 25.6. The molecule has 1 aromatic carbocycles. The van der Waals surface area contributed by atoms with Gasteiger partial charge in [0.2, 0.25) is 5.91 Å². The molecular formula is C16H23ClN2O2. The van der Waals surface area contributed by atoms with Crippen molar-refractivity contribution in [2.24, 2.45) is 11.8 Å². The summed E-state index contributed by atoms with van der Waals surface area (Å²) < 4.78 is 5.72. The highest BCUT2D eigenvalue weighted by molar-refractivity contribution is 6.33. The molecule has 0 aliphatic heterocycles. The minimum Gasteiger partial charge on any atom is -0.397 e. The maximum atomic E-state index is 11.9. The number of carbonyl (C=O) groups is 1. The molecule has 0 spiro atoms. The monoisotopic (exact) mass is 310 g/mol. The second-order valence-corrected chi connectivity index (χ2v) is 6.39. The fourth-order valence-electron chi connectivity index (χ4n) is 2.66. The van der Waals surface area contributed by atoms with Crippen molar-refractivity contribution >= 4 is 28.9 Å². The van der Waals surface area contributed by atoms with Gasteiger partial charge in [-0.05, 0) is 49.3 Å². The Kier molecular flexibility index (Phi) is 5.48. The van der Waals surface area contributed by atoms with Gasteiger partial charge in [-0.2, -0.15) is 0 Å². The molecule has 0 bridgehead atoms. The van der Waals surface area contributed by atoms with Crippen LogP contribution in [0.5, 0.6) is 0 Å². The van der Waals surface area contributed by atoms with Crippen molar-refractivity contribution in [1.82, 2.24) is 0 Å². The summed E-state index contributed by atoms with van der Waals surface area (Å²) >= 11 is 5.84. The van der Waals surface area contributed by atoms with Crippen molar-refractivity contribution in [3.05, 3.63) is 23.2 Å². The zero-order valence-corrected chi connectivity index (χ0v) is 13.3. The number of anilines is 2. The van der Waals surface area contributed by atoms with Crippen LogP contribution in [0.3, 0.4) is 0 Å². The Bertz CT molecular complexity index is 507. The standard InChI is InChI=1S/C16H23ClN2O2/c1-10-3-5-13(7-11(10)2)21-9-16(20)19-12-4-6-14(17)15(18)8-12/h4,6,8,10-11,13H,3,5,7,9,18H2,1-2H3,(H,19,20). The molecule has 1 aromatic rings. The lowest BCUT2D eigenvalue weighted by molar-refractivity contribution is -0.123. The number of nitrogens with two attached hydrogens (primary N) is 1. The quantitative estimate of drug-likeness (QED) is 0.833. The summed E-state index contributed by atoms with van der Waals surface area (Å²) in [5.41, 5.74) is 6.79. The van der Waals surface area contributed by atoms with Gasteiger partial charge in [-0.25, -0.2) is 0 Å². The maximum Gasteiger partial charge on any atom is 0.250 e. The summed E-state index contributed by atoms with van der Waals surface area (Å²) in [5.74, 6) is 1.24. The number of hydrogen-bond acceptors (Lipinski definition) is 3. The number of halogens is 1. The van der Waals surface area contributed by atoms with Crippen LogP contribution in [0.1, 0.15) is 33.1 Å². The molecule has 0 saturated heterocycles. The number of rotatable bonds is 4. The third-order valence-corrected chi connectivity index (χ3v) is 4.62. The molecule has 1 aliphatic carbocycles. The number of nitrogens with one attached hydrogen (secondary N) is 1. The molecule has 116 valence electrons. The molecule has 0 heterocycles. The zero-order valence-electron chi connectivity index (χ0n) is 12.6. The predicted octanol–water partition coefficient (Wildman–Crippen LogP) is 3.70. The summed E-state index contributed by atoms with van der Waals surface area (Å²) in [7, 11) is 0. The van der Waals surface area contributed by atoms with E-state index in [1.165, 1.54) is 6.42 Å². The second kappa shape index (κ2) is 7.14. The van der Waals surface area contributed by atoms with Crippen LogP contribution >= 0.6 is 11.6 Å². The number of amides is 1. The first kappa shape index (κ1) is 16.1. The van der Waals surface area contributed by atoms with Gasteiger partial charge in [-0.15, -0.1) is 0 Å². The predicted molar refractivity (Wildman–Crippen MR) is 86.4 cm³/mol. The largest absolute Gasteiger partial charge is 0.397 e. The Morgan fingerprint density at radius 2 is 2.14 bits per heavy atom. The van der Waals surface area contributed by atoms with Crippen LogP contribution in [0.2, 0.25) is 5.02 Å². The van der Waals surface area contributed by atoms with Crippen molar-refractivity contribution in [1.29, 1.82) is 0 Å². The average molecular weight is 311 g/mol. The van der Waals surface area contributed by atoms with Gasteiger partial charge in [0.1, 0.15) is 6.61 Å². The van der Waals surface area contributed by atoms with Gasteiger partial charge in [0.15, 0.2) is 0 Å². The van der Waals surface area contributed by atoms with Crippen molar-refractivity contribution in [3.8, 4) is 0 Å². The van der Waals surface area contributed by atoms with E-state index in [0.29, 0.717) is 22.3 Å². The summed E-state index contributed by atoms with van der Waals surface area (Å²) in [6.07, 6.45) is 3.42. The van der Waals surface area contributed by atoms with Gasteiger partial charge in [0, 0.05) is 5.69 Å². The van der Waals surface area contributed by atoms with E-state index in [-0.39, 0.29) is 18.6 Å². The number of benzene rings is 1. The lowest BCUT2D eigenvalue weighted by atomic mass is 9.80. The van der Waals surface area contributed by atoms with Gasteiger partial charge in [0.05, 0.1) is 16.8 Å². The van der Waals surface area contributed by atoms with Crippen molar-refractivity contribution in [2.45, 2.75) is 39.2 Å². The van der Waals surface area contributed by atoms with Crippen LogP contribution in [0.15, 0.2) is 18.2 Å². The fourth-order valence-corrected chi connectivity index (χ4v) is 2.78. The average Bonchev–Trinajstić information content (AvgIpc) is 2.44. The van der Waals surface area contributed by atoms with E-state index in [1.54, 1.807) is 18.2 Å². The lowest BCUT2D eigenvalue weighted by Gasteiger charge is -2.31. The van der Waals surface area contributed by atoms with Gasteiger partial charge < -0.3 is 15.8 Å². The molecule has 0 aromatic heterocycles. The van der Waals surface area contributed by atoms with E-state index in [2.05, 4.69) is 19.2 Å². The highest BCUT2D eigenvalue weighted by Gasteiger charge is 2.25. The molecule has 1 saturated carbocycles. The van der Waals surface area contributed by atoms with E-state index >= 15 is 0 Å². The summed E-state index contributed by atoms with van der Waals surface area (Å²) in [6, 6.07) is 5.03. The third-order valence-electron chi connectivity index (χ3n) is 4.28. The Labute approximate surface area is 131 Å². The minimum atomic E-state index is -0.164. The van der Waals surface area contributed by atoms with E-state index < -0.39 is 0 Å². The third kappa shape index (κ3) is 4.61. The molecule has 0 radical (unpaired) electrons. The van der Waals surface area contributed by atoms with Crippen molar-refractivity contribution < 1.29 is 9.53 Å². The molecule has 3 atom stereocenters. The molecule has 4 nitrogen and oxygen atoms in total. The zero-order chi connectivity index (χ0) is 15.4. The van der Waals surface area contributed by atoms with Crippen LogP contribution in [0.25, 0.3) is 0 Å². The van der Waals surface area contributed by atoms with Crippen LogP contribution in [0, 0.1) is 11.8 Å². The number of nitrogen functional groups attached to an aromatic ring is 1. The van der Waals surface area contributed by atoms with Gasteiger partial charge >= 0.3 is 0 Å². The summed E-state index contributed by atoms with van der Waals surface area (Å²) in [4.78, 5) is 11.9. The molecule has 3 N–H and O–H groups in total. The summed E-state index contributed by atoms with van der Waals surface area (Å²) in [5, 5.41) is 3.25. The van der Waals surface area contributed by atoms with Crippen LogP contribution in [0.4, 0.5) is 11.4 Å². The maximum absolute atomic E-state index is 11.9. The van der Waals surface area contributed by atoms with Gasteiger partial charge in [-0.1, -0.05) is 25.4 Å². The van der Waals surface area contributed by atoms with Crippen molar-refractivity contribution in [3.63, 3.8) is 0 Å². The second-order valence-electron chi connectivity index (χ2n) is 5.99. The Balaban J connectivity index is 1.78. The van der Waals surface area contributed by atoms with E-state index in [4.69, 9.17) is 22.1 Å². The Hall–Kier alpha value is -1.26. The first-order chi connectivity index (χ1) is 9.95. The van der Waals surface area contributed by atoms with Crippen LogP contribution in [-0.4, -0.2) is 18.6 Å². The first-order valence-electron chi connectivity index (χ1n) is 7.42. The lowest BCUT2D eigenvalue weighted by Crippen LogP contribution is -2.29. The molecule has 2 rings (SSSR count). The molecule has 3 unspecified atom stereocenters.